The third-order valence-electron chi connectivity index (χ3n) is 2.80. The molecule has 0 saturated carbocycles. The summed E-state index contributed by atoms with van der Waals surface area (Å²) < 4.78 is 1.72. The van der Waals surface area contributed by atoms with Gasteiger partial charge in [0.05, 0.1) is 12.2 Å². The molecule has 1 aromatic heterocycles. The van der Waals surface area contributed by atoms with Gasteiger partial charge in [0.2, 0.25) is 0 Å². The molecule has 2 aromatic rings. The molecule has 7 heteroatoms. The first kappa shape index (κ1) is 18.1. The van der Waals surface area contributed by atoms with Crippen molar-refractivity contribution in [1.82, 2.24) is 25.4 Å². The van der Waals surface area contributed by atoms with Gasteiger partial charge < -0.3 is 10.6 Å². The largest absolute Gasteiger partial charge is 0.357 e. The van der Waals surface area contributed by atoms with E-state index in [9.17, 15) is 0 Å². The Morgan fingerprint density at radius 3 is 2.68 bits per heavy atom. The molecule has 2 rings (SSSR count). The van der Waals surface area contributed by atoms with Gasteiger partial charge in [-0.15, -0.1) is 30.6 Å². The van der Waals surface area contributed by atoms with Crippen molar-refractivity contribution in [3.63, 3.8) is 0 Å². The monoisotopic (exact) mass is 412 g/mol. The normalized spacial score (nSPS) is 10.7. The Kier molecular flexibility index (Phi) is 8.19. The van der Waals surface area contributed by atoms with Crippen molar-refractivity contribution < 1.29 is 0 Å². The van der Waals surface area contributed by atoms with Crippen molar-refractivity contribution in [2.45, 2.75) is 13.5 Å². The first-order valence-electron chi connectivity index (χ1n) is 6.90. The van der Waals surface area contributed by atoms with Crippen molar-refractivity contribution in [3.05, 3.63) is 55.1 Å². The molecule has 0 unspecified atom stereocenters. The number of aromatic nitrogens is 3. The molecular formula is C15H21IN6. The molecule has 22 heavy (non-hydrogen) atoms. The van der Waals surface area contributed by atoms with Gasteiger partial charge in [0.1, 0.15) is 12.7 Å². The third kappa shape index (κ3) is 5.47. The summed E-state index contributed by atoms with van der Waals surface area (Å²) in [5.74, 6) is 0.790. The smallest absolute Gasteiger partial charge is 0.191 e. The zero-order valence-electron chi connectivity index (χ0n) is 12.6. The summed E-state index contributed by atoms with van der Waals surface area (Å²) in [6.45, 7) is 7.86. The van der Waals surface area contributed by atoms with E-state index in [2.05, 4.69) is 32.3 Å². The molecule has 0 bridgehead atoms. The first-order valence-corrected chi connectivity index (χ1v) is 6.90. The predicted molar refractivity (Wildman–Crippen MR) is 99.8 cm³/mol. The number of hydrogen-bond donors (Lipinski definition) is 2. The van der Waals surface area contributed by atoms with Gasteiger partial charge in [0.25, 0.3) is 0 Å². The minimum absolute atomic E-state index is 0. The summed E-state index contributed by atoms with van der Waals surface area (Å²) >= 11 is 0. The molecule has 0 aliphatic rings. The number of hydrogen-bond acceptors (Lipinski definition) is 3. The topological polar surface area (TPSA) is 67.1 Å². The van der Waals surface area contributed by atoms with Crippen LogP contribution < -0.4 is 10.6 Å². The highest BCUT2D eigenvalue weighted by atomic mass is 127. The second-order valence-electron chi connectivity index (χ2n) is 4.37. The van der Waals surface area contributed by atoms with E-state index in [1.54, 1.807) is 17.1 Å². The Hall–Kier alpha value is -1.90. The van der Waals surface area contributed by atoms with Gasteiger partial charge in [-0.3, -0.25) is 0 Å². The van der Waals surface area contributed by atoms with Crippen LogP contribution in [0.5, 0.6) is 0 Å². The summed E-state index contributed by atoms with van der Waals surface area (Å²) in [4.78, 5) is 8.46. The van der Waals surface area contributed by atoms with Gasteiger partial charge in [0, 0.05) is 13.1 Å². The Morgan fingerprint density at radius 2 is 2.09 bits per heavy atom. The van der Waals surface area contributed by atoms with Crippen molar-refractivity contribution in [3.8, 4) is 5.69 Å². The van der Waals surface area contributed by atoms with Gasteiger partial charge in [-0.2, -0.15) is 5.10 Å². The quantitative estimate of drug-likeness (QED) is 0.330. The van der Waals surface area contributed by atoms with Gasteiger partial charge in [-0.1, -0.05) is 18.2 Å². The lowest BCUT2D eigenvalue weighted by Crippen LogP contribution is -2.37. The van der Waals surface area contributed by atoms with Crippen molar-refractivity contribution in [2.24, 2.45) is 4.99 Å². The molecule has 0 aliphatic heterocycles. The van der Waals surface area contributed by atoms with Gasteiger partial charge in [-0.25, -0.2) is 14.7 Å². The molecule has 0 aliphatic carbocycles. The molecule has 2 N–H and O–H groups in total. The van der Waals surface area contributed by atoms with Crippen LogP contribution in [0.15, 0.2) is 54.6 Å². The number of nitrogens with zero attached hydrogens (tertiary/aromatic N) is 4. The molecule has 0 radical (unpaired) electrons. The summed E-state index contributed by atoms with van der Waals surface area (Å²) in [6, 6.07) is 8.09. The molecule has 0 spiro atoms. The Morgan fingerprint density at radius 1 is 1.32 bits per heavy atom. The molecule has 118 valence electrons. The Bertz CT molecular complexity index is 577. The second-order valence-corrected chi connectivity index (χ2v) is 4.37. The summed E-state index contributed by atoms with van der Waals surface area (Å²) in [7, 11) is 0. The molecule has 0 saturated heterocycles. The Labute approximate surface area is 147 Å². The maximum Gasteiger partial charge on any atom is 0.191 e. The van der Waals surface area contributed by atoms with E-state index in [0.717, 1.165) is 23.8 Å². The summed E-state index contributed by atoms with van der Waals surface area (Å²) in [5, 5.41) is 10.5. The minimum atomic E-state index is 0. The van der Waals surface area contributed by atoms with Crippen LogP contribution in [0.3, 0.4) is 0 Å². The summed E-state index contributed by atoms with van der Waals surface area (Å²) in [5.41, 5.74) is 2.12. The standard InChI is InChI=1S/C15H20N6.HI/c1-3-9-18-15(17-4-2)19-10-13-5-7-14(8-6-13)21-12-16-11-20-21;/h3,5-8,11-12H,1,4,9-10H2,2H3,(H2,17,18,19);1H. The van der Waals surface area contributed by atoms with Crippen molar-refractivity contribution in [1.29, 1.82) is 0 Å². The first-order chi connectivity index (χ1) is 10.3. The predicted octanol–water partition coefficient (Wildman–Crippen LogP) is 2.13. The maximum absolute atomic E-state index is 4.53. The highest BCUT2D eigenvalue weighted by Gasteiger charge is 1.98. The van der Waals surface area contributed by atoms with E-state index in [-0.39, 0.29) is 24.0 Å². The highest BCUT2D eigenvalue weighted by Crippen LogP contribution is 2.08. The maximum atomic E-state index is 4.53. The van der Waals surface area contributed by atoms with E-state index in [0.29, 0.717) is 13.1 Å². The number of rotatable bonds is 6. The number of guanidine groups is 1. The van der Waals surface area contributed by atoms with E-state index < -0.39 is 0 Å². The SMILES string of the molecule is C=CCNC(=NCc1ccc(-n2cncn2)cc1)NCC.I. The van der Waals surface area contributed by atoms with Crippen LogP contribution in [-0.2, 0) is 6.54 Å². The summed E-state index contributed by atoms with van der Waals surface area (Å²) in [6.07, 6.45) is 5.00. The fourth-order valence-electron chi connectivity index (χ4n) is 1.78. The van der Waals surface area contributed by atoms with Crippen molar-refractivity contribution in [2.75, 3.05) is 13.1 Å². The number of halogens is 1. The molecule has 0 fully saturated rings. The van der Waals surface area contributed by atoms with Gasteiger partial charge in [-0.05, 0) is 24.6 Å². The van der Waals surface area contributed by atoms with Crippen LogP contribution in [-0.4, -0.2) is 33.8 Å². The van der Waals surface area contributed by atoms with E-state index in [1.165, 1.54) is 6.33 Å². The molecular weight excluding hydrogens is 391 g/mol. The molecule has 6 nitrogen and oxygen atoms in total. The lowest BCUT2D eigenvalue weighted by molar-refractivity contribution is 0.858. The molecule has 0 amide bonds. The van der Waals surface area contributed by atoms with Crippen LogP contribution in [0.4, 0.5) is 0 Å². The van der Waals surface area contributed by atoms with Gasteiger partial charge >= 0.3 is 0 Å². The van der Waals surface area contributed by atoms with Crippen molar-refractivity contribution >= 4 is 29.9 Å². The van der Waals surface area contributed by atoms with E-state index in [4.69, 9.17) is 0 Å². The van der Waals surface area contributed by atoms with E-state index >= 15 is 0 Å². The molecule has 1 aromatic carbocycles. The number of nitrogens with one attached hydrogen (secondary N) is 2. The van der Waals surface area contributed by atoms with Gasteiger partial charge in [0.15, 0.2) is 5.96 Å². The average molecular weight is 412 g/mol. The lowest BCUT2D eigenvalue weighted by atomic mass is 10.2. The van der Waals surface area contributed by atoms with Crippen LogP contribution >= 0.6 is 24.0 Å². The number of aliphatic imine (C=N–C) groups is 1. The molecule has 0 atom stereocenters. The number of benzene rings is 1. The third-order valence-corrected chi connectivity index (χ3v) is 2.80. The zero-order valence-corrected chi connectivity index (χ0v) is 14.9. The minimum Gasteiger partial charge on any atom is -0.357 e. The molecule has 1 heterocycles. The van der Waals surface area contributed by atoms with Crippen LogP contribution in [0.2, 0.25) is 0 Å². The lowest BCUT2D eigenvalue weighted by Gasteiger charge is -2.09. The van der Waals surface area contributed by atoms with E-state index in [1.807, 2.05) is 31.2 Å². The fourth-order valence-corrected chi connectivity index (χ4v) is 1.78. The van der Waals surface area contributed by atoms with Crippen LogP contribution in [0.1, 0.15) is 12.5 Å². The van der Waals surface area contributed by atoms with Crippen LogP contribution in [0.25, 0.3) is 5.69 Å². The average Bonchev–Trinajstić information content (AvgIpc) is 3.05. The zero-order chi connectivity index (χ0) is 14.9. The fraction of sp³-hybridized carbons (Fsp3) is 0.267. The Balaban J connectivity index is 0.00000242. The highest BCUT2D eigenvalue weighted by molar-refractivity contribution is 14.0. The second kappa shape index (κ2) is 9.93. The van der Waals surface area contributed by atoms with Crippen LogP contribution in [0, 0.1) is 0 Å².